The Labute approximate surface area is 116 Å². The molecular formula is C13H10F5N3. The molecule has 2 aromatic rings. The second-order valence-corrected chi connectivity index (χ2v) is 4.05. The van der Waals surface area contributed by atoms with Gasteiger partial charge in [-0.1, -0.05) is 0 Å². The molecule has 3 nitrogen and oxygen atoms in total. The number of nitrogens with zero attached hydrogens (tertiary/aromatic N) is 1. The van der Waals surface area contributed by atoms with Crippen LogP contribution in [0.1, 0.15) is 6.92 Å². The molecule has 0 aliphatic heterocycles. The van der Waals surface area contributed by atoms with Gasteiger partial charge in [-0.15, -0.1) is 0 Å². The molecular weight excluding hydrogens is 293 g/mol. The summed E-state index contributed by atoms with van der Waals surface area (Å²) in [6, 6.07) is 1.38. The SMILES string of the molecule is CCNc1nc(Nc2c(F)cc(F)cc2F)c(F)cc1F. The summed E-state index contributed by atoms with van der Waals surface area (Å²) in [6.07, 6.45) is 0. The van der Waals surface area contributed by atoms with Gasteiger partial charge in [0.2, 0.25) is 0 Å². The normalized spacial score (nSPS) is 10.6. The Morgan fingerprint density at radius 3 is 2.00 bits per heavy atom. The Morgan fingerprint density at radius 2 is 1.43 bits per heavy atom. The Hall–Kier alpha value is -2.38. The van der Waals surface area contributed by atoms with Crippen molar-refractivity contribution in [2.45, 2.75) is 6.92 Å². The molecule has 0 aliphatic rings. The van der Waals surface area contributed by atoms with Crippen LogP contribution in [0.5, 0.6) is 0 Å². The molecule has 0 bridgehead atoms. The lowest BCUT2D eigenvalue weighted by atomic mass is 10.2. The Balaban J connectivity index is 2.42. The van der Waals surface area contributed by atoms with Crippen LogP contribution in [0.4, 0.5) is 39.3 Å². The molecule has 0 unspecified atom stereocenters. The molecule has 0 amide bonds. The van der Waals surface area contributed by atoms with Gasteiger partial charge >= 0.3 is 0 Å². The van der Waals surface area contributed by atoms with E-state index in [0.717, 1.165) is 0 Å². The summed E-state index contributed by atoms with van der Waals surface area (Å²) in [5.41, 5.74) is -0.781. The number of hydrogen-bond donors (Lipinski definition) is 2. The summed E-state index contributed by atoms with van der Waals surface area (Å²) in [6.45, 7) is 1.98. The van der Waals surface area contributed by atoms with Crippen LogP contribution in [0.25, 0.3) is 0 Å². The summed E-state index contributed by atoms with van der Waals surface area (Å²) < 4.78 is 66.7. The fourth-order valence-corrected chi connectivity index (χ4v) is 1.63. The minimum atomic E-state index is -1.26. The molecule has 1 heterocycles. The summed E-state index contributed by atoms with van der Waals surface area (Å²) >= 11 is 0. The smallest absolute Gasteiger partial charge is 0.169 e. The molecule has 21 heavy (non-hydrogen) atoms. The number of rotatable bonds is 4. The lowest BCUT2D eigenvalue weighted by molar-refractivity contribution is 0.547. The van der Waals surface area contributed by atoms with E-state index < -0.39 is 40.6 Å². The van der Waals surface area contributed by atoms with Gasteiger partial charge in [0, 0.05) is 24.7 Å². The first-order valence-corrected chi connectivity index (χ1v) is 5.93. The number of benzene rings is 1. The highest BCUT2D eigenvalue weighted by Gasteiger charge is 2.16. The first-order chi connectivity index (χ1) is 9.92. The van der Waals surface area contributed by atoms with Crippen LogP contribution in [0.3, 0.4) is 0 Å². The van der Waals surface area contributed by atoms with Crippen LogP contribution in [0.2, 0.25) is 0 Å². The highest BCUT2D eigenvalue weighted by atomic mass is 19.2. The number of nitrogens with one attached hydrogen (secondary N) is 2. The fraction of sp³-hybridized carbons (Fsp3) is 0.154. The van der Waals surface area contributed by atoms with Crippen molar-refractivity contribution in [3.63, 3.8) is 0 Å². The molecule has 0 radical (unpaired) electrons. The van der Waals surface area contributed by atoms with Gasteiger partial charge in [0.1, 0.15) is 11.5 Å². The summed E-state index contributed by atoms with van der Waals surface area (Å²) in [5.74, 6) is -6.58. The number of aromatic nitrogens is 1. The van der Waals surface area contributed by atoms with E-state index in [2.05, 4.69) is 15.6 Å². The van der Waals surface area contributed by atoms with E-state index in [9.17, 15) is 22.0 Å². The topological polar surface area (TPSA) is 37.0 Å². The van der Waals surface area contributed by atoms with E-state index in [1.165, 1.54) is 0 Å². The molecule has 0 spiro atoms. The van der Waals surface area contributed by atoms with E-state index in [-0.39, 0.29) is 5.82 Å². The van der Waals surface area contributed by atoms with Gasteiger partial charge in [-0.25, -0.2) is 26.9 Å². The molecule has 1 aromatic heterocycles. The standard InChI is InChI=1S/C13H10F5N3/c1-2-19-12-9(17)5-10(18)13(21-12)20-11-7(15)3-6(14)4-8(11)16/h3-5H,2H2,1H3,(H2,19,20,21). The number of anilines is 3. The minimum absolute atomic E-state index is 0.274. The second kappa shape index (κ2) is 5.94. The van der Waals surface area contributed by atoms with Gasteiger partial charge in [-0.2, -0.15) is 0 Å². The number of pyridine rings is 1. The Morgan fingerprint density at radius 1 is 0.857 bits per heavy atom. The predicted molar refractivity (Wildman–Crippen MR) is 67.9 cm³/mol. The van der Waals surface area contributed by atoms with E-state index in [1.54, 1.807) is 6.92 Å². The summed E-state index contributed by atoms with van der Waals surface area (Å²) in [5, 5.41) is 4.58. The zero-order valence-corrected chi connectivity index (χ0v) is 10.8. The van der Waals surface area contributed by atoms with Crippen molar-refractivity contribution in [2.24, 2.45) is 0 Å². The van der Waals surface area contributed by atoms with Gasteiger partial charge in [-0.3, -0.25) is 0 Å². The van der Waals surface area contributed by atoms with Crippen LogP contribution in [-0.2, 0) is 0 Å². The first kappa shape index (κ1) is 15.0. The van der Waals surface area contributed by atoms with Gasteiger partial charge in [0.15, 0.2) is 34.9 Å². The largest absolute Gasteiger partial charge is 0.368 e. The molecule has 0 saturated heterocycles. The molecule has 0 atom stereocenters. The van der Waals surface area contributed by atoms with Gasteiger partial charge in [0.25, 0.3) is 0 Å². The van der Waals surface area contributed by atoms with Crippen molar-refractivity contribution in [3.05, 3.63) is 47.3 Å². The molecule has 2 N–H and O–H groups in total. The fourth-order valence-electron chi connectivity index (χ4n) is 1.63. The average molecular weight is 303 g/mol. The molecule has 0 saturated carbocycles. The van der Waals surface area contributed by atoms with Crippen LogP contribution in [0, 0.1) is 29.1 Å². The molecule has 1 aromatic carbocycles. The third kappa shape index (κ3) is 3.21. The van der Waals surface area contributed by atoms with E-state index in [1.807, 2.05) is 0 Å². The highest BCUT2D eigenvalue weighted by Crippen LogP contribution is 2.26. The minimum Gasteiger partial charge on any atom is -0.368 e. The summed E-state index contributed by atoms with van der Waals surface area (Å²) in [7, 11) is 0. The molecule has 0 fully saturated rings. The first-order valence-electron chi connectivity index (χ1n) is 5.93. The lowest BCUT2D eigenvalue weighted by Crippen LogP contribution is -2.08. The molecule has 0 aliphatic carbocycles. The summed E-state index contributed by atoms with van der Waals surface area (Å²) in [4.78, 5) is 3.56. The van der Waals surface area contributed by atoms with Crippen LogP contribution >= 0.6 is 0 Å². The van der Waals surface area contributed by atoms with E-state index >= 15 is 0 Å². The predicted octanol–water partition coefficient (Wildman–Crippen LogP) is 3.95. The third-order valence-corrected chi connectivity index (χ3v) is 2.52. The molecule has 8 heteroatoms. The van der Waals surface area contributed by atoms with Crippen molar-refractivity contribution < 1.29 is 22.0 Å². The zero-order chi connectivity index (χ0) is 15.6. The highest BCUT2D eigenvalue weighted by molar-refractivity contribution is 5.60. The van der Waals surface area contributed by atoms with Crippen LogP contribution in [-0.4, -0.2) is 11.5 Å². The molecule has 2 rings (SSSR count). The van der Waals surface area contributed by atoms with Crippen molar-refractivity contribution >= 4 is 17.3 Å². The van der Waals surface area contributed by atoms with Crippen molar-refractivity contribution in [1.29, 1.82) is 0 Å². The quantitative estimate of drug-likeness (QED) is 0.840. The van der Waals surface area contributed by atoms with Gasteiger partial charge in [-0.05, 0) is 6.92 Å². The Kier molecular flexibility index (Phi) is 4.25. The van der Waals surface area contributed by atoms with Gasteiger partial charge < -0.3 is 10.6 Å². The maximum absolute atomic E-state index is 13.6. The van der Waals surface area contributed by atoms with Crippen molar-refractivity contribution in [2.75, 3.05) is 17.2 Å². The molecule has 112 valence electrons. The lowest BCUT2D eigenvalue weighted by Gasteiger charge is -2.11. The Bertz CT molecular complexity index is 652. The van der Waals surface area contributed by atoms with Crippen molar-refractivity contribution in [1.82, 2.24) is 4.98 Å². The number of hydrogen-bond acceptors (Lipinski definition) is 3. The average Bonchev–Trinajstić information content (AvgIpc) is 2.38. The monoisotopic (exact) mass is 303 g/mol. The zero-order valence-electron chi connectivity index (χ0n) is 10.8. The maximum atomic E-state index is 13.6. The van der Waals surface area contributed by atoms with E-state index in [4.69, 9.17) is 0 Å². The van der Waals surface area contributed by atoms with Crippen LogP contribution < -0.4 is 10.6 Å². The van der Waals surface area contributed by atoms with Gasteiger partial charge in [0.05, 0.1) is 0 Å². The maximum Gasteiger partial charge on any atom is 0.169 e. The third-order valence-electron chi connectivity index (χ3n) is 2.52. The van der Waals surface area contributed by atoms with Crippen molar-refractivity contribution in [3.8, 4) is 0 Å². The van der Waals surface area contributed by atoms with E-state index in [0.29, 0.717) is 24.7 Å². The number of halogens is 5. The van der Waals surface area contributed by atoms with Crippen LogP contribution in [0.15, 0.2) is 18.2 Å². The second-order valence-electron chi connectivity index (χ2n) is 4.05.